The molecule has 4 nitrogen and oxygen atoms in total. The highest BCUT2D eigenvalue weighted by atomic mass is 16.2. The standard InChI is InChI=1S/C9H17N3O/c1-4-6-8(7-10)11-9(13)12(3)5-2/h8H,4-6H2,1-3H3,(H,11,13). The minimum Gasteiger partial charge on any atom is -0.328 e. The zero-order valence-corrected chi connectivity index (χ0v) is 8.50. The molecule has 0 spiro atoms. The van der Waals surface area contributed by atoms with E-state index in [9.17, 15) is 4.79 Å². The van der Waals surface area contributed by atoms with Crippen LogP contribution in [0.1, 0.15) is 26.7 Å². The van der Waals surface area contributed by atoms with Gasteiger partial charge in [-0.2, -0.15) is 5.26 Å². The van der Waals surface area contributed by atoms with E-state index in [0.29, 0.717) is 13.0 Å². The van der Waals surface area contributed by atoms with Crippen molar-refractivity contribution in [2.75, 3.05) is 13.6 Å². The number of urea groups is 1. The summed E-state index contributed by atoms with van der Waals surface area (Å²) in [7, 11) is 1.70. The summed E-state index contributed by atoms with van der Waals surface area (Å²) in [6.07, 6.45) is 1.61. The van der Waals surface area contributed by atoms with Crippen molar-refractivity contribution < 1.29 is 4.79 Å². The zero-order chi connectivity index (χ0) is 10.3. The number of nitrogens with zero attached hydrogens (tertiary/aromatic N) is 2. The smallest absolute Gasteiger partial charge is 0.318 e. The van der Waals surface area contributed by atoms with Crippen LogP contribution in [-0.2, 0) is 0 Å². The lowest BCUT2D eigenvalue weighted by Crippen LogP contribution is -2.42. The molecule has 0 aromatic rings. The predicted molar refractivity (Wildman–Crippen MR) is 51.1 cm³/mol. The van der Waals surface area contributed by atoms with E-state index >= 15 is 0 Å². The molecule has 0 aliphatic carbocycles. The number of amides is 2. The molecule has 0 aromatic carbocycles. The van der Waals surface area contributed by atoms with E-state index < -0.39 is 0 Å². The summed E-state index contributed by atoms with van der Waals surface area (Å²) in [6.45, 7) is 4.52. The summed E-state index contributed by atoms with van der Waals surface area (Å²) >= 11 is 0. The molecule has 0 heterocycles. The molecule has 2 amide bonds. The number of hydrogen-bond donors (Lipinski definition) is 1. The first-order valence-corrected chi connectivity index (χ1v) is 4.56. The van der Waals surface area contributed by atoms with Gasteiger partial charge in [0.05, 0.1) is 6.07 Å². The van der Waals surface area contributed by atoms with Crippen LogP contribution in [0.3, 0.4) is 0 Å². The molecule has 1 unspecified atom stereocenters. The van der Waals surface area contributed by atoms with Crippen LogP contribution in [0.4, 0.5) is 4.79 Å². The second-order valence-electron chi connectivity index (χ2n) is 2.93. The van der Waals surface area contributed by atoms with Gasteiger partial charge in [-0.05, 0) is 13.3 Å². The van der Waals surface area contributed by atoms with Crippen LogP contribution < -0.4 is 5.32 Å². The number of nitriles is 1. The molecule has 1 N–H and O–H groups in total. The Bertz CT molecular complexity index is 198. The van der Waals surface area contributed by atoms with Crippen molar-refractivity contribution in [3.05, 3.63) is 0 Å². The number of nitrogens with one attached hydrogen (secondary N) is 1. The maximum absolute atomic E-state index is 11.3. The van der Waals surface area contributed by atoms with Crippen molar-refractivity contribution in [2.45, 2.75) is 32.7 Å². The summed E-state index contributed by atoms with van der Waals surface area (Å²) in [4.78, 5) is 12.8. The van der Waals surface area contributed by atoms with Crippen molar-refractivity contribution in [2.24, 2.45) is 0 Å². The molecule has 4 heteroatoms. The molecule has 0 aliphatic heterocycles. The van der Waals surface area contributed by atoms with E-state index in [0.717, 1.165) is 6.42 Å². The second-order valence-corrected chi connectivity index (χ2v) is 2.93. The van der Waals surface area contributed by atoms with Gasteiger partial charge in [0.15, 0.2) is 0 Å². The van der Waals surface area contributed by atoms with Gasteiger partial charge in [-0.3, -0.25) is 0 Å². The second kappa shape index (κ2) is 6.30. The van der Waals surface area contributed by atoms with Gasteiger partial charge in [0.2, 0.25) is 0 Å². The molecule has 0 rings (SSSR count). The molecule has 0 saturated heterocycles. The summed E-state index contributed by atoms with van der Waals surface area (Å²) in [5, 5.41) is 11.3. The minimum absolute atomic E-state index is 0.178. The predicted octanol–water partition coefficient (Wildman–Crippen LogP) is 1.34. The lowest BCUT2D eigenvalue weighted by atomic mass is 10.2. The van der Waals surface area contributed by atoms with Gasteiger partial charge in [0.25, 0.3) is 0 Å². The van der Waals surface area contributed by atoms with Crippen molar-refractivity contribution >= 4 is 6.03 Å². The van der Waals surface area contributed by atoms with Gasteiger partial charge >= 0.3 is 6.03 Å². The summed E-state index contributed by atoms with van der Waals surface area (Å²) in [6, 6.07) is 1.52. The first-order valence-electron chi connectivity index (χ1n) is 4.56. The lowest BCUT2D eigenvalue weighted by Gasteiger charge is -2.17. The highest BCUT2D eigenvalue weighted by Gasteiger charge is 2.12. The number of carbonyl (C=O) groups excluding carboxylic acids is 1. The Labute approximate surface area is 79.5 Å². The van der Waals surface area contributed by atoms with Crippen LogP contribution in [0.15, 0.2) is 0 Å². The Kier molecular flexibility index (Phi) is 5.69. The van der Waals surface area contributed by atoms with Gasteiger partial charge in [-0.1, -0.05) is 13.3 Å². The third-order valence-corrected chi connectivity index (χ3v) is 1.85. The monoisotopic (exact) mass is 183 g/mol. The minimum atomic E-state index is -0.355. The van der Waals surface area contributed by atoms with E-state index in [1.54, 1.807) is 11.9 Å². The first-order chi connectivity index (χ1) is 6.15. The van der Waals surface area contributed by atoms with Crippen LogP contribution >= 0.6 is 0 Å². The lowest BCUT2D eigenvalue weighted by molar-refractivity contribution is 0.208. The van der Waals surface area contributed by atoms with Crippen LogP contribution in [0.5, 0.6) is 0 Å². The van der Waals surface area contributed by atoms with Crippen LogP contribution in [0.2, 0.25) is 0 Å². The van der Waals surface area contributed by atoms with Crippen molar-refractivity contribution in [3.8, 4) is 6.07 Å². The van der Waals surface area contributed by atoms with Crippen LogP contribution in [-0.4, -0.2) is 30.6 Å². The topological polar surface area (TPSA) is 56.1 Å². The van der Waals surface area contributed by atoms with E-state index in [4.69, 9.17) is 5.26 Å². The fourth-order valence-electron chi connectivity index (χ4n) is 0.861. The molecule has 0 fully saturated rings. The maximum Gasteiger partial charge on any atom is 0.318 e. The van der Waals surface area contributed by atoms with Crippen molar-refractivity contribution in [1.82, 2.24) is 10.2 Å². The number of rotatable bonds is 4. The van der Waals surface area contributed by atoms with E-state index in [-0.39, 0.29) is 12.1 Å². The van der Waals surface area contributed by atoms with Crippen LogP contribution in [0.25, 0.3) is 0 Å². The van der Waals surface area contributed by atoms with E-state index in [1.807, 2.05) is 13.8 Å². The SMILES string of the molecule is CCCC(C#N)NC(=O)N(C)CC. The molecule has 0 radical (unpaired) electrons. The van der Waals surface area contributed by atoms with E-state index in [2.05, 4.69) is 11.4 Å². The summed E-state index contributed by atoms with van der Waals surface area (Å²) in [5.41, 5.74) is 0. The summed E-state index contributed by atoms with van der Waals surface area (Å²) in [5.74, 6) is 0. The average Bonchev–Trinajstić information content (AvgIpc) is 2.15. The molecule has 0 saturated carbocycles. The molecule has 13 heavy (non-hydrogen) atoms. The third-order valence-electron chi connectivity index (χ3n) is 1.85. The largest absolute Gasteiger partial charge is 0.328 e. The Morgan fingerprint density at radius 2 is 2.23 bits per heavy atom. The highest BCUT2D eigenvalue weighted by molar-refractivity contribution is 5.74. The molecule has 0 bridgehead atoms. The number of carbonyl (C=O) groups is 1. The average molecular weight is 183 g/mol. The Hall–Kier alpha value is -1.24. The number of hydrogen-bond acceptors (Lipinski definition) is 2. The zero-order valence-electron chi connectivity index (χ0n) is 8.50. The molecule has 1 atom stereocenters. The quantitative estimate of drug-likeness (QED) is 0.715. The summed E-state index contributed by atoms with van der Waals surface area (Å²) < 4.78 is 0. The Morgan fingerprint density at radius 3 is 2.62 bits per heavy atom. The van der Waals surface area contributed by atoms with Gasteiger partial charge < -0.3 is 10.2 Å². The molecule has 0 aliphatic rings. The highest BCUT2D eigenvalue weighted by Crippen LogP contribution is 1.95. The van der Waals surface area contributed by atoms with Crippen molar-refractivity contribution in [3.63, 3.8) is 0 Å². The fourth-order valence-corrected chi connectivity index (χ4v) is 0.861. The van der Waals surface area contributed by atoms with Crippen LogP contribution in [0, 0.1) is 11.3 Å². The first kappa shape index (κ1) is 11.8. The molecule has 0 aromatic heterocycles. The third kappa shape index (κ3) is 4.36. The van der Waals surface area contributed by atoms with Gasteiger partial charge in [0.1, 0.15) is 6.04 Å². The van der Waals surface area contributed by atoms with Gasteiger partial charge in [-0.15, -0.1) is 0 Å². The van der Waals surface area contributed by atoms with Gasteiger partial charge in [0, 0.05) is 13.6 Å². The van der Waals surface area contributed by atoms with Crippen molar-refractivity contribution in [1.29, 1.82) is 5.26 Å². The van der Waals surface area contributed by atoms with Gasteiger partial charge in [-0.25, -0.2) is 4.79 Å². The Morgan fingerprint density at radius 1 is 1.62 bits per heavy atom. The maximum atomic E-state index is 11.3. The molecular formula is C9H17N3O. The van der Waals surface area contributed by atoms with E-state index in [1.165, 1.54) is 0 Å². The Balaban J connectivity index is 3.95. The molecular weight excluding hydrogens is 166 g/mol. The fraction of sp³-hybridized carbons (Fsp3) is 0.778. The normalized spacial score (nSPS) is 11.5. The molecule has 74 valence electrons.